The van der Waals surface area contributed by atoms with Gasteiger partial charge in [-0.2, -0.15) is 0 Å². The van der Waals surface area contributed by atoms with Gasteiger partial charge in [-0.25, -0.2) is 8.42 Å². The lowest BCUT2D eigenvalue weighted by molar-refractivity contribution is -0.116. The molecule has 0 bridgehead atoms. The van der Waals surface area contributed by atoms with Crippen molar-refractivity contribution in [3.63, 3.8) is 0 Å². The van der Waals surface area contributed by atoms with E-state index in [1.54, 1.807) is 18.2 Å². The predicted octanol–water partition coefficient (Wildman–Crippen LogP) is 3.31. The molecule has 0 spiro atoms. The minimum Gasteiger partial charge on any atom is -0.494 e. The molecule has 28 heavy (non-hydrogen) atoms. The van der Waals surface area contributed by atoms with Crippen LogP contribution in [0.2, 0.25) is 0 Å². The summed E-state index contributed by atoms with van der Waals surface area (Å²) in [6, 6.07) is 17.5. The first kappa shape index (κ1) is 20.0. The van der Waals surface area contributed by atoms with E-state index >= 15 is 0 Å². The maximum atomic E-state index is 12.4. The van der Waals surface area contributed by atoms with Crippen LogP contribution < -0.4 is 10.1 Å². The Balaban J connectivity index is 1.45. The molecule has 0 fully saturated rings. The summed E-state index contributed by atoms with van der Waals surface area (Å²) in [5.41, 5.74) is 0. The van der Waals surface area contributed by atoms with E-state index in [4.69, 9.17) is 4.74 Å². The molecule has 2 aromatic carbocycles. The number of nitrogens with one attached hydrogen (secondary N) is 1. The van der Waals surface area contributed by atoms with Crippen molar-refractivity contribution < 1.29 is 17.9 Å². The van der Waals surface area contributed by atoms with Gasteiger partial charge in [0.15, 0.2) is 9.84 Å². The number of ether oxygens (including phenoxy) is 1. The first-order chi connectivity index (χ1) is 13.5. The van der Waals surface area contributed by atoms with E-state index in [9.17, 15) is 13.2 Å². The fourth-order valence-electron chi connectivity index (χ4n) is 2.36. The predicted molar refractivity (Wildman–Crippen MR) is 107 cm³/mol. The zero-order chi connectivity index (χ0) is 19.8. The standard InChI is InChI=1S/C19H19N3O4S2/c23-17(12-7-13-26-15-8-3-1-4-9-15)20-19-22-21-18(27-19)14-28(24,25)16-10-5-2-6-11-16/h1-6,8-11H,7,12-14H2,(H,20,22,23). The molecule has 1 amide bonds. The highest BCUT2D eigenvalue weighted by atomic mass is 32.2. The fourth-order valence-corrected chi connectivity index (χ4v) is 4.73. The van der Waals surface area contributed by atoms with E-state index in [1.165, 1.54) is 12.1 Å². The highest BCUT2D eigenvalue weighted by Gasteiger charge is 2.18. The first-order valence-electron chi connectivity index (χ1n) is 8.61. The van der Waals surface area contributed by atoms with Crippen LogP contribution in [0.5, 0.6) is 5.75 Å². The average Bonchev–Trinajstić information content (AvgIpc) is 3.12. The van der Waals surface area contributed by atoms with Gasteiger partial charge in [-0.3, -0.25) is 4.79 Å². The molecule has 7 nitrogen and oxygen atoms in total. The molecule has 0 radical (unpaired) electrons. The normalized spacial score (nSPS) is 11.1. The number of benzene rings is 2. The number of carbonyl (C=O) groups excluding carboxylic acids is 1. The largest absolute Gasteiger partial charge is 0.494 e. The van der Waals surface area contributed by atoms with Crippen LogP contribution in [0.4, 0.5) is 5.13 Å². The summed E-state index contributed by atoms with van der Waals surface area (Å²) in [6.07, 6.45) is 0.818. The second-order valence-corrected chi connectivity index (χ2v) is 8.94. The number of carbonyl (C=O) groups is 1. The Morgan fingerprint density at radius 2 is 1.68 bits per heavy atom. The Morgan fingerprint density at radius 3 is 2.39 bits per heavy atom. The third-order valence-corrected chi connectivity index (χ3v) is 6.35. The van der Waals surface area contributed by atoms with Crippen molar-refractivity contribution in [1.29, 1.82) is 0 Å². The number of anilines is 1. The highest BCUT2D eigenvalue weighted by Crippen LogP contribution is 2.21. The maximum Gasteiger partial charge on any atom is 0.226 e. The molecule has 0 saturated carbocycles. The van der Waals surface area contributed by atoms with Crippen molar-refractivity contribution in [2.24, 2.45) is 0 Å². The highest BCUT2D eigenvalue weighted by molar-refractivity contribution is 7.90. The third kappa shape index (κ3) is 5.86. The Labute approximate surface area is 167 Å². The van der Waals surface area contributed by atoms with E-state index in [1.807, 2.05) is 30.3 Å². The molecular weight excluding hydrogens is 398 g/mol. The molecule has 0 saturated heterocycles. The van der Waals surface area contributed by atoms with Gasteiger partial charge in [0.1, 0.15) is 16.5 Å². The number of aromatic nitrogens is 2. The van der Waals surface area contributed by atoms with E-state index in [-0.39, 0.29) is 28.1 Å². The minimum absolute atomic E-state index is 0.217. The van der Waals surface area contributed by atoms with Crippen LogP contribution in [0.1, 0.15) is 17.8 Å². The third-order valence-electron chi connectivity index (χ3n) is 3.69. The molecule has 3 aromatic rings. The fraction of sp³-hybridized carbons (Fsp3) is 0.211. The van der Waals surface area contributed by atoms with Crippen LogP contribution >= 0.6 is 11.3 Å². The smallest absolute Gasteiger partial charge is 0.226 e. The maximum absolute atomic E-state index is 12.4. The SMILES string of the molecule is O=C(CCCOc1ccccc1)Nc1nnc(CS(=O)(=O)c2ccccc2)s1. The summed E-state index contributed by atoms with van der Waals surface area (Å²) in [6.45, 7) is 0.425. The number of hydrogen-bond acceptors (Lipinski definition) is 7. The summed E-state index contributed by atoms with van der Waals surface area (Å²) in [4.78, 5) is 12.2. The number of hydrogen-bond donors (Lipinski definition) is 1. The first-order valence-corrected chi connectivity index (χ1v) is 11.1. The van der Waals surface area contributed by atoms with Crippen LogP contribution in [-0.2, 0) is 20.4 Å². The second-order valence-electron chi connectivity index (χ2n) is 5.89. The summed E-state index contributed by atoms with van der Waals surface area (Å²) >= 11 is 1.05. The van der Waals surface area contributed by atoms with Crippen LogP contribution in [0, 0.1) is 0 Å². The summed E-state index contributed by atoms with van der Waals surface area (Å²) in [5.74, 6) is 0.289. The van der Waals surface area contributed by atoms with Gasteiger partial charge in [0.2, 0.25) is 11.0 Å². The van der Waals surface area contributed by atoms with Crippen molar-refractivity contribution >= 4 is 32.2 Å². The van der Waals surface area contributed by atoms with Gasteiger partial charge < -0.3 is 10.1 Å². The van der Waals surface area contributed by atoms with Crippen LogP contribution in [0.15, 0.2) is 65.6 Å². The van der Waals surface area contributed by atoms with E-state index in [2.05, 4.69) is 15.5 Å². The summed E-state index contributed by atoms with van der Waals surface area (Å²) in [5, 5.41) is 11.0. The Bertz CT molecular complexity index is 1010. The molecule has 0 aliphatic heterocycles. The van der Waals surface area contributed by atoms with E-state index in [0.717, 1.165) is 17.1 Å². The lowest BCUT2D eigenvalue weighted by Crippen LogP contribution is -2.12. The number of sulfone groups is 1. The van der Waals surface area contributed by atoms with Gasteiger partial charge in [0.25, 0.3) is 0 Å². The number of rotatable bonds is 9. The lowest BCUT2D eigenvalue weighted by Gasteiger charge is -2.05. The molecule has 3 rings (SSSR count). The molecule has 9 heteroatoms. The minimum atomic E-state index is -3.49. The van der Waals surface area contributed by atoms with Gasteiger partial charge in [-0.05, 0) is 30.7 Å². The lowest BCUT2D eigenvalue weighted by atomic mass is 10.3. The van der Waals surface area contributed by atoms with Crippen molar-refractivity contribution in [2.75, 3.05) is 11.9 Å². The molecule has 0 unspecified atom stereocenters. The summed E-state index contributed by atoms with van der Waals surface area (Å²) < 4.78 is 30.3. The molecule has 0 atom stereocenters. The number of nitrogens with zero attached hydrogens (tertiary/aromatic N) is 2. The van der Waals surface area contributed by atoms with E-state index in [0.29, 0.717) is 18.0 Å². The molecule has 146 valence electrons. The Morgan fingerprint density at radius 1 is 1.00 bits per heavy atom. The van der Waals surface area contributed by atoms with Crippen molar-refractivity contribution in [2.45, 2.75) is 23.5 Å². The van der Waals surface area contributed by atoms with Gasteiger partial charge in [-0.15, -0.1) is 10.2 Å². The quantitative estimate of drug-likeness (QED) is 0.537. The van der Waals surface area contributed by atoms with Gasteiger partial charge in [-0.1, -0.05) is 47.7 Å². The molecule has 0 aliphatic rings. The number of amides is 1. The molecule has 1 heterocycles. The number of para-hydroxylation sites is 1. The van der Waals surface area contributed by atoms with Crippen molar-refractivity contribution in [3.05, 3.63) is 65.7 Å². The van der Waals surface area contributed by atoms with Crippen molar-refractivity contribution in [1.82, 2.24) is 10.2 Å². The second kappa shape index (κ2) is 9.43. The molecular formula is C19H19N3O4S2. The monoisotopic (exact) mass is 417 g/mol. The average molecular weight is 418 g/mol. The topological polar surface area (TPSA) is 98.2 Å². The Kier molecular flexibility index (Phi) is 6.72. The van der Waals surface area contributed by atoms with Crippen molar-refractivity contribution in [3.8, 4) is 5.75 Å². The van der Waals surface area contributed by atoms with Gasteiger partial charge in [0.05, 0.1) is 11.5 Å². The Hall–Kier alpha value is -2.78. The molecule has 1 aromatic heterocycles. The van der Waals surface area contributed by atoms with Crippen LogP contribution in [0.25, 0.3) is 0 Å². The van der Waals surface area contributed by atoms with E-state index < -0.39 is 9.84 Å². The zero-order valence-electron chi connectivity index (χ0n) is 14.9. The van der Waals surface area contributed by atoms with Crippen LogP contribution in [0.3, 0.4) is 0 Å². The summed E-state index contributed by atoms with van der Waals surface area (Å²) in [7, 11) is -3.49. The van der Waals surface area contributed by atoms with Gasteiger partial charge in [0, 0.05) is 6.42 Å². The molecule has 1 N–H and O–H groups in total. The zero-order valence-corrected chi connectivity index (χ0v) is 16.6. The van der Waals surface area contributed by atoms with Gasteiger partial charge >= 0.3 is 0 Å². The van der Waals surface area contributed by atoms with Crippen LogP contribution in [-0.4, -0.2) is 31.1 Å². The molecule has 0 aliphatic carbocycles.